The summed E-state index contributed by atoms with van der Waals surface area (Å²) in [6, 6.07) is 0. The number of hydrogen-bond donors (Lipinski definition) is 0. The molecule has 2 bridgehead atoms. The standard InChI is InChI=1S/C17H20O2/c1-17(2)9-7-12-10(13(17)8-9)3-4-11-14(18)5-6-15(19)16(11)12/h3,5-6,9,11-13,16H,4,7-8H2,1-2H3/t9-,11-,12-,13+,16+/m1/s1. The summed E-state index contributed by atoms with van der Waals surface area (Å²) in [6.45, 7) is 4.73. The van der Waals surface area contributed by atoms with Crippen molar-refractivity contribution in [2.45, 2.75) is 33.1 Å². The normalized spacial score (nSPS) is 46.0. The lowest BCUT2D eigenvalue weighted by Gasteiger charge is -2.62. The second kappa shape index (κ2) is 3.47. The lowest BCUT2D eigenvalue weighted by molar-refractivity contribution is -0.135. The number of rotatable bonds is 0. The molecule has 0 amide bonds. The van der Waals surface area contributed by atoms with Gasteiger partial charge in [-0.1, -0.05) is 25.5 Å². The van der Waals surface area contributed by atoms with Gasteiger partial charge in [0.2, 0.25) is 0 Å². The molecule has 19 heavy (non-hydrogen) atoms. The van der Waals surface area contributed by atoms with E-state index in [0.717, 1.165) is 18.8 Å². The highest BCUT2D eigenvalue weighted by molar-refractivity contribution is 6.07. The Kier molecular flexibility index (Phi) is 2.13. The van der Waals surface area contributed by atoms with E-state index in [1.807, 2.05) is 0 Å². The van der Waals surface area contributed by atoms with Crippen molar-refractivity contribution in [1.29, 1.82) is 0 Å². The molecular weight excluding hydrogens is 236 g/mol. The van der Waals surface area contributed by atoms with Gasteiger partial charge in [0.1, 0.15) is 0 Å². The minimum absolute atomic E-state index is 0.0427. The molecule has 5 aliphatic carbocycles. The number of allylic oxidation sites excluding steroid dienone is 4. The van der Waals surface area contributed by atoms with Crippen LogP contribution in [-0.4, -0.2) is 11.6 Å². The van der Waals surface area contributed by atoms with Gasteiger partial charge in [-0.2, -0.15) is 0 Å². The second-order valence-electron chi connectivity index (χ2n) is 7.36. The first-order chi connectivity index (χ1) is 9.00. The van der Waals surface area contributed by atoms with E-state index >= 15 is 0 Å². The molecule has 0 aromatic carbocycles. The molecule has 0 heterocycles. The Labute approximate surface area is 113 Å². The molecule has 0 saturated heterocycles. The summed E-state index contributed by atoms with van der Waals surface area (Å²) in [7, 11) is 0. The third kappa shape index (κ3) is 1.32. The van der Waals surface area contributed by atoms with Crippen LogP contribution in [0.1, 0.15) is 33.1 Å². The van der Waals surface area contributed by atoms with Crippen molar-refractivity contribution in [3.8, 4) is 0 Å². The topological polar surface area (TPSA) is 34.1 Å². The number of hydrogen-bond acceptors (Lipinski definition) is 2. The third-order valence-electron chi connectivity index (χ3n) is 6.42. The van der Waals surface area contributed by atoms with E-state index < -0.39 is 0 Å². The van der Waals surface area contributed by atoms with E-state index in [4.69, 9.17) is 0 Å². The summed E-state index contributed by atoms with van der Waals surface area (Å²) in [6.07, 6.45) is 8.52. The highest BCUT2D eigenvalue weighted by Gasteiger charge is 2.59. The predicted octanol–water partition coefficient (Wildman–Crippen LogP) is 2.94. The van der Waals surface area contributed by atoms with Crippen molar-refractivity contribution in [2.24, 2.45) is 35.0 Å². The third-order valence-corrected chi connectivity index (χ3v) is 6.42. The summed E-state index contributed by atoms with van der Waals surface area (Å²) in [5.41, 5.74) is 1.91. The van der Waals surface area contributed by atoms with Gasteiger partial charge in [0.25, 0.3) is 0 Å². The molecule has 100 valence electrons. The maximum absolute atomic E-state index is 12.2. The highest BCUT2D eigenvalue weighted by atomic mass is 16.1. The zero-order chi connectivity index (χ0) is 13.4. The molecule has 2 heteroatoms. The maximum atomic E-state index is 12.2. The summed E-state index contributed by atoms with van der Waals surface area (Å²) in [5, 5.41) is 0. The van der Waals surface area contributed by atoms with E-state index in [2.05, 4.69) is 19.9 Å². The first kappa shape index (κ1) is 11.6. The van der Waals surface area contributed by atoms with Crippen LogP contribution in [0.25, 0.3) is 0 Å². The number of ketones is 2. The largest absolute Gasteiger partial charge is 0.295 e. The summed E-state index contributed by atoms with van der Waals surface area (Å²) >= 11 is 0. The number of carbonyl (C=O) groups is 2. The Hall–Kier alpha value is -1.18. The molecule has 5 rings (SSSR count). The molecule has 0 aliphatic heterocycles. The molecule has 3 saturated carbocycles. The summed E-state index contributed by atoms with van der Waals surface area (Å²) in [5.74, 6) is 2.01. The molecule has 5 aliphatic rings. The van der Waals surface area contributed by atoms with Gasteiger partial charge in [0.15, 0.2) is 11.6 Å². The van der Waals surface area contributed by atoms with Crippen LogP contribution >= 0.6 is 0 Å². The first-order valence-electron chi connectivity index (χ1n) is 7.46. The van der Waals surface area contributed by atoms with Gasteiger partial charge in [0.05, 0.1) is 0 Å². The van der Waals surface area contributed by atoms with Crippen LogP contribution < -0.4 is 0 Å². The lowest BCUT2D eigenvalue weighted by Crippen LogP contribution is -2.56. The molecule has 0 aromatic heterocycles. The fourth-order valence-electron chi connectivity index (χ4n) is 5.11. The average Bonchev–Trinajstić information content (AvgIpc) is 2.41. The molecule has 0 aromatic rings. The highest BCUT2D eigenvalue weighted by Crippen LogP contribution is 2.65. The van der Waals surface area contributed by atoms with Crippen LogP contribution in [0.3, 0.4) is 0 Å². The number of carbonyl (C=O) groups excluding carboxylic acids is 2. The molecule has 0 N–H and O–H groups in total. The monoisotopic (exact) mass is 256 g/mol. The van der Waals surface area contributed by atoms with Crippen LogP contribution in [0, 0.1) is 35.0 Å². The Balaban J connectivity index is 1.75. The SMILES string of the molecule is CC1(C)[C@@H]2C[C@@H]3C(=CC[C@@H]4C(=O)C=CC(=O)[C@@H]43)[C@@H]1C2. The van der Waals surface area contributed by atoms with Crippen LogP contribution in [0.2, 0.25) is 0 Å². The first-order valence-corrected chi connectivity index (χ1v) is 7.46. The van der Waals surface area contributed by atoms with E-state index in [-0.39, 0.29) is 23.4 Å². The zero-order valence-electron chi connectivity index (χ0n) is 11.6. The fraction of sp³-hybridized carbons (Fsp3) is 0.647. The van der Waals surface area contributed by atoms with Gasteiger partial charge in [-0.15, -0.1) is 0 Å². The molecule has 0 spiro atoms. The fourth-order valence-corrected chi connectivity index (χ4v) is 5.11. The van der Waals surface area contributed by atoms with E-state index in [1.54, 1.807) is 0 Å². The van der Waals surface area contributed by atoms with Crippen molar-refractivity contribution in [1.82, 2.24) is 0 Å². The van der Waals surface area contributed by atoms with E-state index in [9.17, 15) is 9.59 Å². The minimum Gasteiger partial charge on any atom is -0.295 e. The second-order valence-corrected chi connectivity index (χ2v) is 7.36. The zero-order valence-corrected chi connectivity index (χ0v) is 11.6. The van der Waals surface area contributed by atoms with Crippen LogP contribution in [0.5, 0.6) is 0 Å². The number of fused-ring (bicyclic) bond motifs is 1. The van der Waals surface area contributed by atoms with Gasteiger partial charge in [-0.3, -0.25) is 9.59 Å². The van der Waals surface area contributed by atoms with Crippen molar-refractivity contribution in [3.63, 3.8) is 0 Å². The predicted molar refractivity (Wildman–Crippen MR) is 72.3 cm³/mol. The quantitative estimate of drug-likeness (QED) is 0.624. The maximum Gasteiger partial charge on any atom is 0.160 e. The van der Waals surface area contributed by atoms with Gasteiger partial charge >= 0.3 is 0 Å². The summed E-state index contributed by atoms with van der Waals surface area (Å²) < 4.78 is 0. The van der Waals surface area contributed by atoms with Crippen molar-refractivity contribution < 1.29 is 9.59 Å². The lowest BCUT2D eigenvalue weighted by atomic mass is 9.42. The van der Waals surface area contributed by atoms with E-state index in [1.165, 1.54) is 24.1 Å². The average molecular weight is 256 g/mol. The van der Waals surface area contributed by atoms with Crippen LogP contribution in [-0.2, 0) is 9.59 Å². The Morgan fingerprint density at radius 1 is 1.05 bits per heavy atom. The van der Waals surface area contributed by atoms with Gasteiger partial charge < -0.3 is 0 Å². The van der Waals surface area contributed by atoms with Crippen molar-refractivity contribution >= 4 is 11.6 Å². The molecule has 3 fully saturated rings. The molecular formula is C17H20O2. The van der Waals surface area contributed by atoms with Gasteiger partial charge in [-0.25, -0.2) is 0 Å². The molecule has 5 atom stereocenters. The smallest absolute Gasteiger partial charge is 0.160 e. The van der Waals surface area contributed by atoms with Crippen molar-refractivity contribution in [2.75, 3.05) is 0 Å². The van der Waals surface area contributed by atoms with Gasteiger partial charge in [0, 0.05) is 11.8 Å². The van der Waals surface area contributed by atoms with E-state index in [0.29, 0.717) is 17.3 Å². The van der Waals surface area contributed by atoms with Crippen LogP contribution in [0.4, 0.5) is 0 Å². The molecule has 0 unspecified atom stereocenters. The minimum atomic E-state index is -0.0631. The van der Waals surface area contributed by atoms with Gasteiger partial charge in [-0.05, 0) is 54.6 Å². The Morgan fingerprint density at radius 3 is 2.53 bits per heavy atom. The summed E-state index contributed by atoms with van der Waals surface area (Å²) in [4.78, 5) is 24.2. The Morgan fingerprint density at radius 2 is 1.79 bits per heavy atom. The Bertz CT molecular complexity index is 537. The molecule has 0 radical (unpaired) electrons. The van der Waals surface area contributed by atoms with Crippen molar-refractivity contribution in [3.05, 3.63) is 23.8 Å². The van der Waals surface area contributed by atoms with Crippen LogP contribution in [0.15, 0.2) is 23.8 Å². The molecule has 2 nitrogen and oxygen atoms in total.